The molecule has 1 saturated carbocycles. The molecule has 9 nitrogen and oxygen atoms in total. The van der Waals surface area contributed by atoms with Gasteiger partial charge in [0.2, 0.25) is 0 Å². The zero-order chi connectivity index (χ0) is 28.0. The molecule has 40 heavy (non-hydrogen) atoms. The first-order valence-electron chi connectivity index (χ1n) is 13.7. The number of pyridine rings is 1. The lowest BCUT2D eigenvalue weighted by molar-refractivity contribution is 0.240. The summed E-state index contributed by atoms with van der Waals surface area (Å²) >= 11 is 0. The summed E-state index contributed by atoms with van der Waals surface area (Å²) in [5.41, 5.74) is 3.35. The van der Waals surface area contributed by atoms with E-state index in [1.807, 2.05) is 65.6 Å². The van der Waals surface area contributed by atoms with Crippen molar-refractivity contribution in [2.75, 3.05) is 39.7 Å². The molecule has 10 heteroatoms. The normalized spacial score (nSPS) is 20.2. The summed E-state index contributed by atoms with van der Waals surface area (Å²) in [5.74, 6) is 1.08. The van der Waals surface area contributed by atoms with Crippen molar-refractivity contribution in [3.05, 3.63) is 84.1 Å². The maximum absolute atomic E-state index is 13.6. The highest BCUT2D eigenvalue weighted by molar-refractivity contribution is 7.91. The number of aromatic nitrogens is 1. The van der Waals surface area contributed by atoms with Crippen molar-refractivity contribution < 1.29 is 13.2 Å². The maximum Gasteiger partial charge on any atom is 0.322 e. The lowest BCUT2D eigenvalue weighted by Crippen LogP contribution is -2.48. The second kappa shape index (κ2) is 12.4. The number of benzene rings is 2. The Balaban J connectivity index is 1.27. The molecule has 0 unspecified atom stereocenters. The Morgan fingerprint density at radius 3 is 2.30 bits per heavy atom. The minimum Gasteiger partial charge on any atom is -0.369 e. The maximum atomic E-state index is 13.6. The molecule has 208 valence electrons. The number of rotatable bonds is 7. The van der Waals surface area contributed by atoms with Crippen LogP contribution in [0.4, 0.5) is 22.0 Å². The molecule has 1 aliphatic heterocycles. The van der Waals surface area contributed by atoms with Crippen molar-refractivity contribution in [3.8, 4) is 6.07 Å². The van der Waals surface area contributed by atoms with Gasteiger partial charge in [0.05, 0.1) is 17.1 Å². The van der Waals surface area contributed by atoms with Crippen LogP contribution < -0.4 is 20.4 Å². The minimum atomic E-state index is -2.95. The van der Waals surface area contributed by atoms with Crippen LogP contribution in [-0.2, 0) is 16.4 Å². The number of urea groups is 1. The predicted molar refractivity (Wildman–Crippen MR) is 157 cm³/mol. The number of carbonyl (C=O) groups is 1. The summed E-state index contributed by atoms with van der Waals surface area (Å²) in [6, 6.07) is 23.6. The molecular formula is C30H34N6O3S. The van der Waals surface area contributed by atoms with Crippen LogP contribution in [0.2, 0.25) is 0 Å². The zero-order valence-electron chi connectivity index (χ0n) is 22.4. The lowest BCUT2D eigenvalue weighted by atomic mass is 9.90. The van der Waals surface area contributed by atoms with Crippen molar-refractivity contribution in [2.45, 2.75) is 44.3 Å². The fraction of sp³-hybridized carbons (Fsp3) is 0.367. The van der Waals surface area contributed by atoms with Gasteiger partial charge in [-0.2, -0.15) is 5.26 Å². The van der Waals surface area contributed by atoms with Gasteiger partial charge in [-0.25, -0.2) is 18.2 Å². The van der Waals surface area contributed by atoms with E-state index >= 15 is 0 Å². The summed E-state index contributed by atoms with van der Waals surface area (Å²) in [6.07, 6.45) is 5.00. The predicted octanol–water partition coefficient (Wildman–Crippen LogP) is 4.33. The van der Waals surface area contributed by atoms with Gasteiger partial charge in [-0.05, 0) is 67.6 Å². The largest absolute Gasteiger partial charge is 0.369 e. The van der Waals surface area contributed by atoms with Crippen molar-refractivity contribution in [1.29, 1.82) is 5.26 Å². The monoisotopic (exact) mass is 558 g/mol. The van der Waals surface area contributed by atoms with Crippen molar-refractivity contribution in [2.24, 2.45) is 0 Å². The average molecular weight is 559 g/mol. The number of nitriles is 1. The van der Waals surface area contributed by atoms with Gasteiger partial charge in [-0.1, -0.05) is 30.3 Å². The number of hydrogen-bond acceptors (Lipinski definition) is 7. The van der Waals surface area contributed by atoms with Gasteiger partial charge >= 0.3 is 6.03 Å². The molecule has 0 radical (unpaired) electrons. The van der Waals surface area contributed by atoms with Crippen LogP contribution >= 0.6 is 0 Å². The van der Waals surface area contributed by atoms with Crippen molar-refractivity contribution in [1.82, 2.24) is 10.3 Å². The number of amides is 2. The number of nitrogens with one attached hydrogen (secondary N) is 2. The average Bonchev–Trinajstić information content (AvgIpc) is 2.98. The first-order chi connectivity index (χ1) is 19.4. The number of hydrogen-bond donors (Lipinski definition) is 2. The van der Waals surface area contributed by atoms with E-state index in [-0.39, 0.29) is 29.6 Å². The molecule has 2 heterocycles. The topological polar surface area (TPSA) is 118 Å². The lowest BCUT2D eigenvalue weighted by Gasteiger charge is -2.37. The Morgan fingerprint density at radius 1 is 0.975 bits per heavy atom. The Morgan fingerprint density at radius 2 is 1.68 bits per heavy atom. The Labute approximate surface area is 235 Å². The number of sulfone groups is 1. The van der Waals surface area contributed by atoms with E-state index in [4.69, 9.17) is 5.26 Å². The quantitative estimate of drug-likeness (QED) is 0.443. The Hall–Kier alpha value is -4.10. The van der Waals surface area contributed by atoms with E-state index in [0.717, 1.165) is 48.4 Å². The summed E-state index contributed by atoms with van der Waals surface area (Å²) in [6.45, 7) is 1.40. The Kier molecular flexibility index (Phi) is 8.51. The molecular weight excluding hydrogens is 524 g/mol. The second-order valence-corrected chi connectivity index (χ2v) is 12.7. The number of carbonyl (C=O) groups excluding carboxylic acids is 1. The molecule has 1 aromatic heterocycles. The molecule has 2 amide bonds. The first-order valence-corrected chi connectivity index (χ1v) is 15.5. The summed E-state index contributed by atoms with van der Waals surface area (Å²) < 4.78 is 23.7. The molecule has 0 bridgehead atoms. The van der Waals surface area contributed by atoms with E-state index in [1.165, 1.54) is 0 Å². The van der Waals surface area contributed by atoms with Gasteiger partial charge in [0.15, 0.2) is 9.84 Å². The third-order valence-electron chi connectivity index (χ3n) is 7.65. The van der Waals surface area contributed by atoms with Crippen LogP contribution in [0.1, 0.15) is 36.8 Å². The molecule has 2 aromatic carbocycles. The van der Waals surface area contributed by atoms with Gasteiger partial charge in [0, 0.05) is 49.3 Å². The van der Waals surface area contributed by atoms with Crippen molar-refractivity contribution in [3.63, 3.8) is 0 Å². The molecule has 1 saturated heterocycles. The highest BCUT2D eigenvalue weighted by Gasteiger charge is 2.30. The third-order valence-corrected chi connectivity index (χ3v) is 9.26. The first kappa shape index (κ1) is 27.5. The molecule has 2 aliphatic rings. The Bertz CT molecular complexity index is 1420. The molecule has 1 aliphatic carbocycles. The van der Waals surface area contributed by atoms with E-state index < -0.39 is 9.84 Å². The van der Waals surface area contributed by atoms with Crippen LogP contribution in [0, 0.1) is 11.3 Å². The van der Waals surface area contributed by atoms with Crippen LogP contribution in [0.15, 0.2) is 72.9 Å². The van der Waals surface area contributed by atoms with E-state index in [0.29, 0.717) is 25.2 Å². The van der Waals surface area contributed by atoms with Crippen molar-refractivity contribution >= 4 is 33.1 Å². The molecule has 0 atom stereocenters. The molecule has 5 rings (SSSR count). The van der Waals surface area contributed by atoms with Crippen LogP contribution in [-0.4, -0.2) is 56.1 Å². The van der Waals surface area contributed by atoms with Gasteiger partial charge in [-0.3, -0.25) is 4.90 Å². The minimum absolute atomic E-state index is 0.0359. The van der Waals surface area contributed by atoms with Crippen LogP contribution in [0.25, 0.3) is 0 Å². The van der Waals surface area contributed by atoms with E-state index in [9.17, 15) is 13.2 Å². The SMILES string of the molecule is N#Cc1ccc(N[C@H]2CC[C@H](N(C(=O)NCc3ccccc3)c3ccc(N4CCS(=O)(=O)CC4)cc3)CC2)nc1. The van der Waals surface area contributed by atoms with Gasteiger partial charge in [-0.15, -0.1) is 0 Å². The molecule has 3 aromatic rings. The summed E-state index contributed by atoms with van der Waals surface area (Å²) in [4.78, 5) is 21.9. The molecule has 0 spiro atoms. The van der Waals surface area contributed by atoms with Gasteiger partial charge in [0.1, 0.15) is 11.9 Å². The van der Waals surface area contributed by atoms with Gasteiger partial charge in [0.25, 0.3) is 0 Å². The van der Waals surface area contributed by atoms with E-state index in [2.05, 4.69) is 26.6 Å². The third kappa shape index (κ3) is 6.90. The second-order valence-electron chi connectivity index (χ2n) is 10.4. The van der Waals surface area contributed by atoms with Crippen LogP contribution in [0.5, 0.6) is 0 Å². The zero-order valence-corrected chi connectivity index (χ0v) is 23.2. The molecule has 2 N–H and O–H groups in total. The number of nitrogens with zero attached hydrogens (tertiary/aromatic N) is 4. The highest BCUT2D eigenvalue weighted by Crippen LogP contribution is 2.31. The van der Waals surface area contributed by atoms with E-state index in [1.54, 1.807) is 12.3 Å². The summed E-state index contributed by atoms with van der Waals surface area (Å²) in [5, 5.41) is 15.6. The smallest absolute Gasteiger partial charge is 0.322 e. The fourth-order valence-electron chi connectivity index (χ4n) is 5.38. The highest BCUT2D eigenvalue weighted by atomic mass is 32.2. The number of anilines is 3. The van der Waals surface area contributed by atoms with Gasteiger partial charge < -0.3 is 15.5 Å². The fourth-order valence-corrected chi connectivity index (χ4v) is 6.58. The van der Waals surface area contributed by atoms with Crippen LogP contribution in [0.3, 0.4) is 0 Å². The summed E-state index contributed by atoms with van der Waals surface area (Å²) in [7, 11) is -2.95. The standard InChI is InChI=1S/C30H34N6O3S/c31-20-24-6-15-29(32-22-24)34-25-7-9-27(10-8-25)36(30(37)33-21-23-4-2-1-3-5-23)28-13-11-26(12-14-28)35-16-18-40(38,39)19-17-35/h1-6,11-15,22,25,27H,7-10,16-19,21H2,(H,32,34)(H,33,37)/t25-,27-. The molecule has 2 fully saturated rings.